The molecule has 1 aromatic carbocycles. The Hall–Kier alpha value is -1.96. The standard InChI is InChI=1S/C17H19ClN2O4S/c1-12-9-13(3-6-16(12)18)7-8-25(22,23)20-11-15-5-4-14(10-19-15)17(21)24-2/h3-6,9-10,20H,7-8,11H2,1-2H3. The number of methoxy groups -OCH3 is 1. The molecule has 0 radical (unpaired) electrons. The summed E-state index contributed by atoms with van der Waals surface area (Å²) in [7, 11) is -2.16. The minimum Gasteiger partial charge on any atom is -0.465 e. The Balaban J connectivity index is 1.90. The summed E-state index contributed by atoms with van der Waals surface area (Å²) in [5, 5.41) is 0.659. The van der Waals surface area contributed by atoms with Crippen LogP contribution >= 0.6 is 11.6 Å². The molecule has 1 heterocycles. The van der Waals surface area contributed by atoms with E-state index in [0.717, 1.165) is 11.1 Å². The fourth-order valence-corrected chi connectivity index (χ4v) is 3.27. The van der Waals surface area contributed by atoms with Gasteiger partial charge in [0.25, 0.3) is 0 Å². The van der Waals surface area contributed by atoms with E-state index in [2.05, 4.69) is 14.4 Å². The molecule has 2 aromatic rings. The van der Waals surface area contributed by atoms with E-state index in [0.29, 0.717) is 22.7 Å². The van der Waals surface area contributed by atoms with Gasteiger partial charge in [-0.2, -0.15) is 0 Å². The van der Waals surface area contributed by atoms with E-state index in [1.165, 1.54) is 13.3 Å². The lowest BCUT2D eigenvalue weighted by molar-refractivity contribution is 0.0600. The Morgan fingerprint density at radius 1 is 1.28 bits per heavy atom. The minimum absolute atomic E-state index is 0.0334. The van der Waals surface area contributed by atoms with Gasteiger partial charge in [0, 0.05) is 11.2 Å². The molecule has 0 saturated heterocycles. The number of esters is 1. The van der Waals surface area contributed by atoms with Gasteiger partial charge in [-0.15, -0.1) is 0 Å². The molecule has 0 bridgehead atoms. The van der Waals surface area contributed by atoms with Gasteiger partial charge >= 0.3 is 5.97 Å². The maximum absolute atomic E-state index is 12.1. The lowest BCUT2D eigenvalue weighted by Crippen LogP contribution is -2.27. The summed E-state index contributed by atoms with van der Waals surface area (Å²) in [6, 6.07) is 8.58. The van der Waals surface area contributed by atoms with Gasteiger partial charge in [-0.05, 0) is 42.7 Å². The first-order chi connectivity index (χ1) is 11.8. The summed E-state index contributed by atoms with van der Waals surface area (Å²) in [4.78, 5) is 15.4. The molecule has 25 heavy (non-hydrogen) atoms. The number of sulfonamides is 1. The fourth-order valence-electron chi connectivity index (χ4n) is 2.14. The van der Waals surface area contributed by atoms with Gasteiger partial charge in [-0.25, -0.2) is 17.9 Å². The lowest BCUT2D eigenvalue weighted by Gasteiger charge is -2.08. The summed E-state index contributed by atoms with van der Waals surface area (Å²) in [5.74, 6) is -0.521. The third kappa shape index (κ3) is 5.81. The highest BCUT2D eigenvalue weighted by Gasteiger charge is 2.12. The number of pyridine rings is 1. The second-order valence-electron chi connectivity index (χ2n) is 5.50. The van der Waals surface area contributed by atoms with Gasteiger partial charge in [-0.1, -0.05) is 23.7 Å². The number of ether oxygens (including phenoxy) is 1. The van der Waals surface area contributed by atoms with Crippen LogP contribution in [0.5, 0.6) is 0 Å². The minimum atomic E-state index is -3.45. The fraction of sp³-hybridized carbons (Fsp3) is 0.294. The number of aromatic nitrogens is 1. The van der Waals surface area contributed by atoms with Gasteiger partial charge in [0.1, 0.15) is 0 Å². The maximum Gasteiger partial charge on any atom is 0.339 e. The Morgan fingerprint density at radius 2 is 2.04 bits per heavy atom. The highest BCUT2D eigenvalue weighted by Crippen LogP contribution is 2.16. The first-order valence-corrected chi connectivity index (χ1v) is 9.59. The maximum atomic E-state index is 12.1. The average Bonchev–Trinajstić information content (AvgIpc) is 2.61. The molecule has 6 nitrogen and oxygen atoms in total. The molecule has 0 aliphatic rings. The highest BCUT2D eigenvalue weighted by molar-refractivity contribution is 7.89. The number of nitrogens with one attached hydrogen (secondary N) is 1. The third-order valence-corrected chi connectivity index (χ3v) is 5.35. The SMILES string of the molecule is COC(=O)c1ccc(CNS(=O)(=O)CCc2ccc(Cl)c(C)c2)nc1. The van der Waals surface area contributed by atoms with Crippen LogP contribution in [-0.4, -0.2) is 32.2 Å². The summed E-state index contributed by atoms with van der Waals surface area (Å²) in [6.45, 7) is 1.94. The normalized spacial score (nSPS) is 11.3. The van der Waals surface area contributed by atoms with Gasteiger partial charge in [0.05, 0.1) is 30.7 Å². The lowest BCUT2D eigenvalue weighted by atomic mass is 10.1. The molecule has 0 unspecified atom stereocenters. The van der Waals surface area contributed by atoms with Crippen LogP contribution in [0, 0.1) is 6.92 Å². The van der Waals surface area contributed by atoms with Crippen LogP contribution in [0.15, 0.2) is 36.5 Å². The Morgan fingerprint density at radius 3 is 2.64 bits per heavy atom. The van der Waals surface area contributed by atoms with Crippen molar-refractivity contribution in [3.8, 4) is 0 Å². The van der Waals surface area contributed by atoms with Crippen LogP contribution in [0.2, 0.25) is 5.02 Å². The van der Waals surface area contributed by atoms with E-state index in [1.807, 2.05) is 19.1 Å². The molecule has 0 spiro atoms. The first kappa shape index (κ1) is 19.4. The number of rotatable bonds is 7. The molecule has 2 rings (SSSR count). The van der Waals surface area contributed by atoms with Crippen LogP contribution in [0.1, 0.15) is 27.2 Å². The van der Waals surface area contributed by atoms with E-state index in [1.54, 1.807) is 18.2 Å². The largest absolute Gasteiger partial charge is 0.465 e. The number of hydrogen-bond donors (Lipinski definition) is 1. The van der Waals surface area contributed by atoms with Gasteiger partial charge in [0.2, 0.25) is 10.0 Å². The van der Waals surface area contributed by atoms with Crippen molar-refractivity contribution in [2.24, 2.45) is 0 Å². The van der Waals surface area contributed by atoms with Crippen LogP contribution < -0.4 is 4.72 Å². The predicted octanol–water partition coefficient (Wildman–Crippen LogP) is 2.49. The number of benzene rings is 1. The molecule has 1 aromatic heterocycles. The van der Waals surface area contributed by atoms with Gasteiger partial charge in [-0.3, -0.25) is 4.98 Å². The number of carbonyl (C=O) groups excluding carboxylic acids is 1. The second-order valence-corrected chi connectivity index (χ2v) is 7.84. The molecule has 0 aliphatic heterocycles. The monoisotopic (exact) mass is 382 g/mol. The van der Waals surface area contributed by atoms with Crippen molar-refractivity contribution in [2.45, 2.75) is 19.9 Å². The van der Waals surface area contributed by atoms with Crippen molar-refractivity contribution in [3.05, 3.63) is 63.9 Å². The van der Waals surface area contributed by atoms with Gasteiger partial charge < -0.3 is 4.74 Å². The Bertz CT molecular complexity index is 851. The molecular formula is C17H19ClN2O4S. The highest BCUT2D eigenvalue weighted by atomic mass is 35.5. The Labute approximate surface area is 152 Å². The van der Waals surface area contributed by atoms with Crippen molar-refractivity contribution in [2.75, 3.05) is 12.9 Å². The summed E-state index contributed by atoms with van der Waals surface area (Å²) >= 11 is 5.96. The number of carbonyl (C=O) groups is 1. The molecule has 0 aliphatic carbocycles. The molecule has 0 atom stereocenters. The molecule has 0 amide bonds. The number of aryl methyl sites for hydroxylation is 2. The number of hydrogen-bond acceptors (Lipinski definition) is 5. The quantitative estimate of drug-likeness (QED) is 0.743. The summed E-state index contributed by atoms with van der Waals surface area (Å²) < 4.78 is 31.3. The van der Waals surface area contributed by atoms with Crippen molar-refractivity contribution in [1.82, 2.24) is 9.71 Å². The molecule has 0 saturated carbocycles. The zero-order chi connectivity index (χ0) is 18.4. The van der Waals surface area contributed by atoms with E-state index in [4.69, 9.17) is 11.6 Å². The predicted molar refractivity (Wildman–Crippen MR) is 96.1 cm³/mol. The van der Waals surface area contributed by atoms with Crippen LogP contribution in [0.4, 0.5) is 0 Å². The molecule has 1 N–H and O–H groups in total. The van der Waals surface area contributed by atoms with Crippen molar-refractivity contribution in [1.29, 1.82) is 0 Å². The van der Waals surface area contributed by atoms with E-state index in [9.17, 15) is 13.2 Å². The first-order valence-electron chi connectivity index (χ1n) is 7.56. The summed E-state index contributed by atoms with van der Waals surface area (Å²) in [5.41, 5.74) is 2.65. The van der Waals surface area contributed by atoms with Crippen LogP contribution in [-0.2, 0) is 27.7 Å². The molecule has 0 fully saturated rings. The average molecular weight is 383 g/mol. The van der Waals surface area contributed by atoms with E-state index < -0.39 is 16.0 Å². The van der Waals surface area contributed by atoms with Crippen molar-refractivity contribution >= 4 is 27.6 Å². The smallest absolute Gasteiger partial charge is 0.339 e. The van der Waals surface area contributed by atoms with Crippen molar-refractivity contribution in [3.63, 3.8) is 0 Å². The van der Waals surface area contributed by atoms with Crippen LogP contribution in [0.3, 0.4) is 0 Å². The zero-order valence-electron chi connectivity index (χ0n) is 14.0. The molecule has 134 valence electrons. The van der Waals surface area contributed by atoms with E-state index >= 15 is 0 Å². The van der Waals surface area contributed by atoms with Crippen LogP contribution in [0.25, 0.3) is 0 Å². The summed E-state index contributed by atoms with van der Waals surface area (Å²) in [6.07, 6.45) is 1.74. The van der Waals surface area contributed by atoms with E-state index in [-0.39, 0.29) is 12.3 Å². The topological polar surface area (TPSA) is 85.4 Å². The van der Waals surface area contributed by atoms with Crippen molar-refractivity contribution < 1.29 is 17.9 Å². The molecule has 8 heteroatoms. The Kier molecular flexibility index (Phi) is 6.52. The third-order valence-electron chi connectivity index (χ3n) is 3.60. The number of halogens is 1. The molecular weight excluding hydrogens is 364 g/mol. The zero-order valence-corrected chi connectivity index (χ0v) is 15.5. The number of nitrogens with zero attached hydrogens (tertiary/aromatic N) is 1. The second kappa shape index (κ2) is 8.42. The van der Waals surface area contributed by atoms with Gasteiger partial charge in [0.15, 0.2) is 0 Å².